The van der Waals surface area contributed by atoms with Crippen LogP contribution in [0.5, 0.6) is 0 Å². The lowest BCUT2D eigenvalue weighted by Gasteiger charge is -2.07. The summed E-state index contributed by atoms with van der Waals surface area (Å²) in [6.07, 6.45) is -0.729. The highest BCUT2D eigenvalue weighted by atomic mass is 32.1. The second-order valence-electron chi connectivity index (χ2n) is 5.62. The van der Waals surface area contributed by atoms with Crippen molar-refractivity contribution < 1.29 is 18.0 Å². The monoisotopic (exact) mass is 408 g/mol. The third kappa shape index (κ3) is 3.71. The van der Waals surface area contributed by atoms with Crippen molar-refractivity contribution >= 4 is 33.5 Å². The number of thiazole rings is 2. The van der Waals surface area contributed by atoms with Gasteiger partial charge in [0.2, 0.25) is 0 Å². The molecule has 0 fully saturated rings. The standard InChI is InChI=1S/C17H11F3N4OS2/c18-17(19,20)11-3-1-2-10(6-11)15-23-13(9-27-15)14(25)21-7-12-8-24-4-5-26-16(24)22-12/h1-6,8-9H,7H2,(H,21,25). The van der Waals surface area contributed by atoms with Crippen LogP contribution in [0.4, 0.5) is 13.2 Å². The van der Waals surface area contributed by atoms with Crippen LogP contribution < -0.4 is 5.32 Å². The topological polar surface area (TPSA) is 59.3 Å². The van der Waals surface area contributed by atoms with Gasteiger partial charge in [0.1, 0.15) is 10.7 Å². The number of aromatic nitrogens is 3. The number of alkyl halides is 3. The zero-order valence-electron chi connectivity index (χ0n) is 13.5. The van der Waals surface area contributed by atoms with E-state index in [4.69, 9.17) is 0 Å². The average molecular weight is 408 g/mol. The summed E-state index contributed by atoms with van der Waals surface area (Å²) in [6, 6.07) is 4.88. The molecule has 0 radical (unpaired) electrons. The number of nitrogens with one attached hydrogen (secondary N) is 1. The fraction of sp³-hybridized carbons (Fsp3) is 0.118. The van der Waals surface area contributed by atoms with E-state index in [0.29, 0.717) is 16.3 Å². The molecular formula is C17H11F3N4OS2. The summed E-state index contributed by atoms with van der Waals surface area (Å²) in [5.74, 6) is -0.402. The van der Waals surface area contributed by atoms with Gasteiger partial charge in [-0.3, -0.25) is 9.20 Å². The Morgan fingerprint density at radius 2 is 2.07 bits per heavy atom. The summed E-state index contributed by atoms with van der Waals surface area (Å²) in [5.41, 5.74) is 0.445. The molecule has 3 heterocycles. The predicted octanol–water partition coefficient (Wildman–Crippen LogP) is 4.47. The van der Waals surface area contributed by atoms with Gasteiger partial charge in [0.05, 0.1) is 17.8 Å². The van der Waals surface area contributed by atoms with Crippen molar-refractivity contribution in [3.05, 3.63) is 64.4 Å². The van der Waals surface area contributed by atoms with Crippen molar-refractivity contribution in [2.24, 2.45) is 0 Å². The number of carbonyl (C=O) groups excluding carboxylic acids is 1. The smallest absolute Gasteiger partial charge is 0.345 e. The number of rotatable bonds is 4. The highest BCUT2D eigenvalue weighted by Gasteiger charge is 2.30. The van der Waals surface area contributed by atoms with Gasteiger partial charge in [0, 0.05) is 28.7 Å². The molecule has 0 bridgehead atoms. The fourth-order valence-electron chi connectivity index (χ4n) is 2.46. The minimum absolute atomic E-state index is 0.161. The normalized spacial score (nSPS) is 11.8. The van der Waals surface area contributed by atoms with Crippen LogP contribution in [0.3, 0.4) is 0 Å². The number of carbonyl (C=O) groups is 1. The number of imidazole rings is 1. The summed E-state index contributed by atoms with van der Waals surface area (Å²) >= 11 is 2.61. The Labute approximate surface area is 159 Å². The Kier molecular flexibility index (Phi) is 4.44. The summed E-state index contributed by atoms with van der Waals surface area (Å²) in [7, 11) is 0. The average Bonchev–Trinajstić information content (AvgIpc) is 3.34. The molecule has 0 saturated heterocycles. The molecule has 4 aromatic rings. The Morgan fingerprint density at radius 1 is 1.22 bits per heavy atom. The van der Waals surface area contributed by atoms with Crippen LogP contribution in [0.15, 0.2) is 47.4 Å². The molecular weight excluding hydrogens is 397 g/mol. The molecule has 0 unspecified atom stereocenters. The maximum absolute atomic E-state index is 12.8. The van der Waals surface area contributed by atoms with Crippen molar-refractivity contribution in [3.63, 3.8) is 0 Å². The predicted molar refractivity (Wildman–Crippen MR) is 96.8 cm³/mol. The lowest BCUT2D eigenvalue weighted by Crippen LogP contribution is -2.23. The molecule has 0 aliphatic rings. The van der Waals surface area contributed by atoms with Crippen LogP contribution in [0.25, 0.3) is 15.5 Å². The first kappa shape index (κ1) is 17.7. The van der Waals surface area contributed by atoms with E-state index < -0.39 is 17.6 Å². The van der Waals surface area contributed by atoms with Crippen LogP contribution in [-0.4, -0.2) is 20.3 Å². The maximum atomic E-state index is 12.8. The van der Waals surface area contributed by atoms with Crippen molar-refractivity contribution in [1.29, 1.82) is 0 Å². The number of fused-ring (bicyclic) bond motifs is 1. The molecule has 1 aromatic carbocycles. The van der Waals surface area contributed by atoms with Crippen LogP contribution >= 0.6 is 22.7 Å². The van der Waals surface area contributed by atoms with Gasteiger partial charge in [-0.2, -0.15) is 13.2 Å². The third-order valence-electron chi connectivity index (χ3n) is 3.75. The van der Waals surface area contributed by atoms with E-state index in [1.165, 1.54) is 28.8 Å². The van der Waals surface area contributed by atoms with Gasteiger partial charge in [-0.25, -0.2) is 9.97 Å². The summed E-state index contributed by atoms with van der Waals surface area (Å²) in [6.45, 7) is 0.240. The van der Waals surface area contributed by atoms with E-state index in [-0.39, 0.29) is 12.2 Å². The molecule has 1 N–H and O–H groups in total. The minimum atomic E-state index is -4.42. The Hall–Kier alpha value is -2.72. The molecule has 3 aromatic heterocycles. The van der Waals surface area contributed by atoms with Crippen molar-refractivity contribution in [2.75, 3.05) is 0 Å². The van der Waals surface area contributed by atoms with E-state index >= 15 is 0 Å². The van der Waals surface area contributed by atoms with Crippen LogP contribution in [-0.2, 0) is 12.7 Å². The Morgan fingerprint density at radius 3 is 2.85 bits per heavy atom. The number of amides is 1. The summed E-state index contributed by atoms with van der Waals surface area (Å²) < 4.78 is 40.4. The Balaban J connectivity index is 1.47. The molecule has 0 spiro atoms. The van der Waals surface area contributed by atoms with Gasteiger partial charge in [0.15, 0.2) is 4.96 Å². The first-order chi connectivity index (χ1) is 12.9. The minimum Gasteiger partial charge on any atom is -0.345 e. The second-order valence-corrected chi connectivity index (χ2v) is 7.36. The zero-order valence-corrected chi connectivity index (χ0v) is 15.2. The van der Waals surface area contributed by atoms with Crippen molar-refractivity contribution in [2.45, 2.75) is 12.7 Å². The van der Waals surface area contributed by atoms with Crippen molar-refractivity contribution in [3.8, 4) is 10.6 Å². The van der Waals surface area contributed by atoms with Gasteiger partial charge >= 0.3 is 6.18 Å². The molecule has 138 valence electrons. The van der Waals surface area contributed by atoms with Gasteiger partial charge in [-0.05, 0) is 12.1 Å². The quantitative estimate of drug-likeness (QED) is 0.542. The largest absolute Gasteiger partial charge is 0.416 e. The number of hydrogen-bond donors (Lipinski definition) is 1. The molecule has 27 heavy (non-hydrogen) atoms. The highest BCUT2D eigenvalue weighted by molar-refractivity contribution is 7.15. The number of nitrogens with zero attached hydrogens (tertiary/aromatic N) is 3. The molecule has 4 rings (SSSR count). The number of hydrogen-bond acceptors (Lipinski definition) is 5. The Bertz CT molecular complexity index is 1080. The molecule has 0 aliphatic heterocycles. The van der Waals surface area contributed by atoms with E-state index in [0.717, 1.165) is 28.4 Å². The van der Waals surface area contributed by atoms with Crippen LogP contribution in [0, 0.1) is 0 Å². The SMILES string of the molecule is O=C(NCc1cn2ccsc2n1)c1csc(-c2cccc(C(F)(F)F)c2)n1. The molecule has 1 amide bonds. The van der Waals surface area contributed by atoms with E-state index in [1.54, 1.807) is 0 Å². The highest BCUT2D eigenvalue weighted by Crippen LogP contribution is 2.33. The fourth-order valence-corrected chi connectivity index (χ4v) is 3.98. The first-order valence-electron chi connectivity index (χ1n) is 7.72. The molecule has 0 saturated carbocycles. The van der Waals surface area contributed by atoms with Gasteiger partial charge in [-0.15, -0.1) is 22.7 Å². The van der Waals surface area contributed by atoms with Crippen LogP contribution in [0.2, 0.25) is 0 Å². The van der Waals surface area contributed by atoms with E-state index in [9.17, 15) is 18.0 Å². The van der Waals surface area contributed by atoms with Crippen LogP contribution in [0.1, 0.15) is 21.7 Å². The number of halogens is 3. The molecule has 5 nitrogen and oxygen atoms in total. The van der Waals surface area contributed by atoms with Gasteiger partial charge in [0.25, 0.3) is 5.91 Å². The second kappa shape index (κ2) is 6.78. The van der Waals surface area contributed by atoms with E-state index in [1.807, 2.05) is 22.2 Å². The molecule has 0 aliphatic carbocycles. The van der Waals surface area contributed by atoms with Crippen molar-refractivity contribution in [1.82, 2.24) is 19.7 Å². The summed E-state index contributed by atoms with van der Waals surface area (Å²) in [4.78, 5) is 21.6. The number of benzene rings is 1. The lowest BCUT2D eigenvalue weighted by molar-refractivity contribution is -0.137. The third-order valence-corrected chi connectivity index (χ3v) is 5.41. The van der Waals surface area contributed by atoms with E-state index in [2.05, 4.69) is 15.3 Å². The van der Waals surface area contributed by atoms with Gasteiger partial charge < -0.3 is 5.32 Å². The molecule has 10 heteroatoms. The zero-order chi connectivity index (χ0) is 19.0. The molecule has 0 atom stereocenters. The first-order valence-corrected chi connectivity index (χ1v) is 9.48. The lowest BCUT2D eigenvalue weighted by atomic mass is 10.1. The summed E-state index contributed by atoms with van der Waals surface area (Å²) in [5, 5.41) is 6.51. The maximum Gasteiger partial charge on any atom is 0.416 e. The van der Waals surface area contributed by atoms with Gasteiger partial charge in [-0.1, -0.05) is 12.1 Å².